The van der Waals surface area contributed by atoms with E-state index in [-0.39, 0.29) is 6.04 Å². The van der Waals surface area contributed by atoms with Crippen molar-refractivity contribution in [2.45, 2.75) is 63.1 Å². The first-order chi connectivity index (χ1) is 15.5. The van der Waals surface area contributed by atoms with Crippen LogP contribution < -0.4 is 4.90 Å². The summed E-state index contributed by atoms with van der Waals surface area (Å²) in [5.74, 6) is -0.583. The second-order valence-electron chi connectivity index (χ2n) is 8.94. The predicted molar refractivity (Wildman–Crippen MR) is 126 cm³/mol. The normalized spacial score (nSPS) is 24.2. The summed E-state index contributed by atoms with van der Waals surface area (Å²) in [5, 5.41) is 0. The standard InChI is InChI=1S/C25H28BrF2N3O/c1-32-19-9-6-17(7-10-19)31-23-12-5-16(26)14-22(23)29-25(31)24-4-2-3-13-30(24)18-8-11-20(27)21(28)15-18/h5,8,11-12,14-15,17,19,24H,2-4,6-7,9-10,13H2,1H3/t17-,19-,24-/m0/s1. The fraction of sp³-hybridized carbons (Fsp3) is 0.480. The third-order valence-corrected chi connectivity index (χ3v) is 7.55. The number of ether oxygens (including phenoxy) is 1. The van der Waals surface area contributed by atoms with Crippen molar-refractivity contribution in [3.05, 3.63) is 58.3 Å². The first-order valence-electron chi connectivity index (χ1n) is 11.5. The molecule has 32 heavy (non-hydrogen) atoms. The molecule has 0 radical (unpaired) electrons. The predicted octanol–water partition coefficient (Wildman–Crippen LogP) is 6.94. The Kier molecular flexibility index (Phi) is 6.21. The summed E-state index contributed by atoms with van der Waals surface area (Å²) in [6.45, 7) is 0.805. The highest BCUT2D eigenvalue weighted by Gasteiger charge is 2.33. The number of nitrogens with zero attached hydrogens (tertiary/aromatic N) is 3. The lowest BCUT2D eigenvalue weighted by Gasteiger charge is -2.39. The van der Waals surface area contributed by atoms with Gasteiger partial charge in [-0.2, -0.15) is 0 Å². The van der Waals surface area contributed by atoms with Gasteiger partial charge < -0.3 is 14.2 Å². The van der Waals surface area contributed by atoms with Gasteiger partial charge in [-0.25, -0.2) is 13.8 Å². The molecule has 4 nitrogen and oxygen atoms in total. The molecule has 0 spiro atoms. The van der Waals surface area contributed by atoms with E-state index in [9.17, 15) is 8.78 Å². The lowest BCUT2D eigenvalue weighted by Crippen LogP contribution is -2.36. The molecule has 1 saturated carbocycles. The summed E-state index contributed by atoms with van der Waals surface area (Å²) in [5.41, 5.74) is 2.83. The van der Waals surface area contributed by atoms with Gasteiger partial charge in [-0.3, -0.25) is 0 Å². The van der Waals surface area contributed by atoms with Gasteiger partial charge in [0, 0.05) is 35.9 Å². The molecule has 2 fully saturated rings. The zero-order chi connectivity index (χ0) is 22.2. The summed E-state index contributed by atoms with van der Waals surface area (Å²) in [7, 11) is 1.79. The number of hydrogen-bond acceptors (Lipinski definition) is 3. The van der Waals surface area contributed by atoms with E-state index in [0.717, 1.165) is 78.5 Å². The maximum absolute atomic E-state index is 14.1. The van der Waals surface area contributed by atoms with Gasteiger partial charge in [-0.15, -0.1) is 0 Å². The largest absolute Gasteiger partial charge is 0.381 e. The minimum absolute atomic E-state index is 0.0277. The maximum Gasteiger partial charge on any atom is 0.160 e. The molecule has 3 aromatic rings. The summed E-state index contributed by atoms with van der Waals surface area (Å²) in [6.07, 6.45) is 7.55. The van der Waals surface area contributed by atoms with E-state index >= 15 is 0 Å². The van der Waals surface area contributed by atoms with E-state index in [1.54, 1.807) is 13.2 Å². The highest BCUT2D eigenvalue weighted by molar-refractivity contribution is 9.10. The molecule has 1 atom stereocenters. The van der Waals surface area contributed by atoms with Crippen molar-refractivity contribution in [1.29, 1.82) is 0 Å². The third kappa shape index (κ3) is 4.05. The molecule has 7 heteroatoms. The van der Waals surface area contributed by atoms with Gasteiger partial charge in [0.05, 0.1) is 23.2 Å². The zero-order valence-electron chi connectivity index (χ0n) is 18.2. The van der Waals surface area contributed by atoms with Crippen LogP contribution in [0.5, 0.6) is 0 Å². The van der Waals surface area contributed by atoms with Crippen LogP contribution in [0.25, 0.3) is 11.0 Å². The molecule has 2 aromatic carbocycles. The van der Waals surface area contributed by atoms with Gasteiger partial charge in [0.1, 0.15) is 5.82 Å². The van der Waals surface area contributed by atoms with Crippen molar-refractivity contribution in [3.8, 4) is 0 Å². The highest BCUT2D eigenvalue weighted by atomic mass is 79.9. The average Bonchev–Trinajstić information content (AvgIpc) is 3.19. The van der Waals surface area contributed by atoms with Crippen LogP contribution in [0.15, 0.2) is 40.9 Å². The number of piperidine rings is 1. The van der Waals surface area contributed by atoms with Gasteiger partial charge in [0.25, 0.3) is 0 Å². The number of methoxy groups -OCH3 is 1. The minimum atomic E-state index is -0.811. The number of halogens is 3. The van der Waals surface area contributed by atoms with Crippen molar-refractivity contribution < 1.29 is 13.5 Å². The van der Waals surface area contributed by atoms with Crippen LogP contribution in [-0.4, -0.2) is 29.3 Å². The van der Waals surface area contributed by atoms with Crippen LogP contribution >= 0.6 is 15.9 Å². The Morgan fingerprint density at radius 2 is 1.78 bits per heavy atom. The van der Waals surface area contributed by atoms with Gasteiger partial charge in [0.2, 0.25) is 0 Å². The smallest absolute Gasteiger partial charge is 0.160 e. The van der Waals surface area contributed by atoms with Gasteiger partial charge >= 0.3 is 0 Å². The van der Waals surface area contributed by atoms with E-state index in [2.05, 4.69) is 43.6 Å². The lowest BCUT2D eigenvalue weighted by atomic mass is 9.92. The van der Waals surface area contributed by atoms with Crippen LogP contribution in [0.3, 0.4) is 0 Å². The Bertz CT molecular complexity index is 1110. The van der Waals surface area contributed by atoms with Gasteiger partial charge in [-0.1, -0.05) is 15.9 Å². The molecule has 1 saturated heterocycles. The molecule has 2 heterocycles. The Balaban J connectivity index is 1.59. The SMILES string of the molecule is CO[C@H]1CC[C@H](n2c([C@@H]3CCCCN3c3ccc(F)c(F)c3)nc3cc(Br)ccc32)CC1. The minimum Gasteiger partial charge on any atom is -0.381 e. The molecule has 5 rings (SSSR count). The maximum atomic E-state index is 14.1. The summed E-state index contributed by atoms with van der Waals surface area (Å²) in [6, 6.07) is 10.9. The van der Waals surface area contributed by atoms with E-state index in [1.807, 2.05) is 0 Å². The van der Waals surface area contributed by atoms with Crippen LogP contribution in [0, 0.1) is 11.6 Å². The van der Waals surface area contributed by atoms with Crippen LogP contribution in [0.4, 0.5) is 14.5 Å². The van der Waals surface area contributed by atoms with Gasteiger partial charge in [0.15, 0.2) is 11.6 Å². The zero-order valence-corrected chi connectivity index (χ0v) is 19.8. The first kappa shape index (κ1) is 21.8. The molecule has 0 amide bonds. The molecule has 0 bridgehead atoms. The Morgan fingerprint density at radius 1 is 0.969 bits per heavy atom. The van der Waals surface area contributed by atoms with E-state index in [4.69, 9.17) is 9.72 Å². The number of hydrogen-bond donors (Lipinski definition) is 0. The van der Waals surface area contributed by atoms with Crippen LogP contribution in [0.1, 0.15) is 62.9 Å². The second-order valence-corrected chi connectivity index (χ2v) is 9.86. The molecular weight excluding hydrogens is 476 g/mol. The highest BCUT2D eigenvalue weighted by Crippen LogP contribution is 2.41. The van der Waals surface area contributed by atoms with Crippen molar-refractivity contribution >= 4 is 32.7 Å². The third-order valence-electron chi connectivity index (χ3n) is 7.06. The fourth-order valence-corrected chi connectivity index (χ4v) is 5.77. The molecule has 1 aliphatic heterocycles. The number of aromatic nitrogens is 2. The average molecular weight is 504 g/mol. The topological polar surface area (TPSA) is 30.3 Å². The van der Waals surface area contributed by atoms with Crippen molar-refractivity contribution in [1.82, 2.24) is 9.55 Å². The number of fused-ring (bicyclic) bond motifs is 1. The van der Waals surface area contributed by atoms with E-state index in [0.29, 0.717) is 12.1 Å². The molecule has 0 unspecified atom stereocenters. The quantitative estimate of drug-likeness (QED) is 0.386. The number of benzene rings is 2. The summed E-state index contributed by atoms with van der Waals surface area (Å²) < 4.78 is 36.7. The molecule has 1 aliphatic carbocycles. The monoisotopic (exact) mass is 503 g/mol. The van der Waals surface area contributed by atoms with Crippen molar-refractivity contribution in [2.75, 3.05) is 18.6 Å². The van der Waals surface area contributed by atoms with Crippen LogP contribution in [-0.2, 0) is 4.74 Å². The second kappa shape index (κ2) is 9.10. The number of rotatable bonds is 4. The number of anilines is 1. The molecular formula is C25H28BrF2N3O. The van der Waals surface area contributed by atoms with Crippen molar-refractivity contribution in [2.24, 2.45) is 0 Å². The summed E-state index contributed by atoms with van der Waals surface area (Å²) >= 11 is 3.59. The lowest BCUT2D eigenvalue weighted by molar-refractivity contribution is 0.0584. The Labute approximate surface area is 195 Å². The van der Waals surface area contributed by atoms with Crippen molar-refractivity contribution in [3.63, 3.8) is 0 Å². The van der Waals surface area contributed by atoms with Gasteiger partial charge in [-0.05, 0) is 75.3 Å². The Morgan fingerprint density at radius 3 is 2.53 bits per heavy atom. The molecule has 0 N–H and O–H groups in total. The molecule has 170 valence electrons. The molecule has 2 aliphatic rings. The summed E-state index contributed by atoms with van der Waals surface area (Å²) in [4.78, 5) is 7.33. The Hall–Kier alpha value is -1.99. The molecule has 1 aromatic heterocycles. The number of imidazole rings is 1. The first-order valence-corrected chi connectivity index (χ1v) is 12.3. The van der Waals surface area contributed by atoms with E-state index < -0.39 is 11.6 Å². The van der Waals surface area contributed by atoms with Crippen LogP contribution in [0.2, 0.25) is 0 Å². The van der Waals surface area contributed by atoms with E-state index in [1.165, 1.54) is 12.1 Å². The fourth-order valence-electron chi connectivity index (χ4n) is 5.42.